The molecule has 7 nitrogen and oxygen atoms in total. The quantitative estimate of drug-likeness (QED) is 0.392. The molecule has 0 radical (unpaired) electrons. The number of guanidine groups is 1. The summed E-state index contributed by atoms with van der Waals surface area (Å²) in [5.74, 6) is 1.67. The Hall–Kier alpha value is -1.34. The van der Waals surface area contributed by atoms with E-state index in [1.54, 1.807) is 0 Å². The van der Waals surface area contributed by atoms with Gasteiger partial charge in [0.25, 0.3) is 0 Å². The van der Waals surface area contributed by atoms with Crippen LogP contribution in [0, 0.1) is 5.92 Å². The highest BCUT2D eigenvalue weighted by atomic mass is 16.5. The van der Waals surface area contributed by atoms with Crippen molar-refractivity contribution in [3.05, 3.63) is 0 Å². The van der Waals surface area contributed by atoms with Crippen molar-refractivity contribution in [3.63, 3.8) is 0 Å². The van der Waals surface area contributed by atoms with Gasteiger partial charge in [0.15, 0.2) is 5.96 Å². The fourth-order valence-corrected chi connectivity index (χ4v) is 4.50. The van der Waals surface area contributed by atoms with Gasteiger partial charge in [0.2, 0.25) is 5.91 Å². The minimum atomic E-state index is 0.121. The maximum absolute atomic E-state index is 12.2. The van der Waals surface area contributed by atoms with Gasteiger partial charge in [-0.25, -0.2) is 0 Å². The molecule has 7 heteroatoms. The molecule has 1 amide bonds. The summed E-state index contributed by atoms with van der Waals surface area (Å²) in [4.78, 5) is 19.2. The first kappa shape index (κ1) is 21.4. The number of carbonyl (C=O) groups excluding carboxylic acids is 1. The molecule has 2 unspecified atom stereocenters. The molecule has 2 heterocycles. The van der Waals surface area contributed by atoms with Crippen LogP contribution >= 0.6 is 0 Å². The number of rotatable bonds is 7. The summed E-state index contributed by atoms with van der Waals surface area (Å²) in [6.45, 7) is 7.30. The molecule has 1 saturated carbocycles. The third-order valence-corrected chi connectivity index (χ3v) is 6.00. The second-order valence-electron chi connectivity index (χ2n) is 8.20. The van der Waals surface area contributed by atoms with Crippen molar-refractivity contribution in [1.29, 1.82) is 0 Å². The van der Waals surface area contributed by atoms with Crippen LogP contribution in [-0.2, 0) is 14.3 Å². The van der Waals surface area contributed by atoms with Gasteiger partial charge in [-0.05, 0) is 38.5 Å². The fourth-order valence-electron chi connectivity index (χ4n) is 4.50. The van der Waals surface area contributed by atoms with Gasteiger partial charge in [-0.1, -0.05) is 19.3 Å². The van der Waals surface area contributed by atoms with Crippen molar-refractivity contribution in [1.82, 2.24) is 15.5 Å². The van der Waals surface area contributed by atoms with E-state index in [4.69, 9.17) is 14.5 Å². The molecule has 0 aromatic rings. The lowest BCUT2D eigenvalue weighted by atomic mass is 9.87. The third kappa shape index (κ3) is 6.62. The average Bonchev–Trinajstić information content (AvgIpc) is 3.26. The molecule has 2 aliphatic heterocycles. The van der Waals surface area contributed by atoms with Gasteiger partial charge >= 0.3 is 0 Å². The fraction of sp³-hybridized carbons (Fsp3) is 0.905. The molecule has 2 saturated heterocycles. The maximum Gasteiger partial charge on any atom is 0.220 e. The van der Waals surface area contributed by atoms with E-state index in [1.165, 1.54) is 32.1 Å². The number of hydrogen-bond donors (Lipinski definition) is 2. The van der Waals surface area contributed by atoms with Gasteiger partial charge in [-0.2, -0.15) is 0 Å². The standard InChI is InChI=1S/C21H38N4O3/c1-2-22-21(25-12-14-28-19(16-25)18-9-6-13-27-18)24-11-10-23-20(26)15-17-7-4-3-5-8-17/h17-19H,2-16H2,1H3,(H,22,24)(H,23,26). The van der Waals surface area contributed by atoms with Gasteiger partial charge in [0, 0.05) is 39.2 Å². The lowest BCUT2D eigenvalue weighted by Gasteiger charge is -2.37. The molecule has 3 rings (SSSR count). The van der Waals surface area contributed by atoms with Crippen LogP contribution in [0.2, 0.25) is 0 Å². The van der Waals surface area contributed by atoms with Gasteiger partial charge in [0.05, 0.1) is 19.3 Å². The molecule has 2 atom stereocenters. The minimum Gasteiger partial charge on any atom is -0.375 e. The number of aliphatic imine (C=N–C) groups is 1. The number of amides is 1. The highest BCUT2D eigenvalue weighted by Gasteiger charge is 2.32. The topological polar surface area (TPSA) is 75.2 Å². The second-order valence-corrected chi connectivity index (χ2v) is 8.20. The molecule has 28 heavy (non-hydrogen) atoms. The highest BCUT2D eigenvalue weighted by molar-refractivity contribution is 5.80. The van der Waals surface area contributed by atoms with E-state index in [9.17, 15) is 4.79 Å². The van der Waals surface area contributed by atoms with E-state index >= 15 is 0 Å². The van der Waals surface area contributed by atoms with Gasteiger partial charge < -0.3 is 25.0 Å². The van der Waals surface area contributed by atoms with Crippen LogP contribution in [0.3, 0.4) is 0 Å². The number of hydrogen-bond acceptors (Lipinski definition) is 4. The molecule has 160 valence electrons. The summed E-state index contributed by atoms with van der Waals surface area (Å²) in [5.41, 5.74) is 0. The van der Waals surface area contributed by atoms with E-state index in [-0.39, 0.29) is 18.1 Å². The molecule has 3 aliphatic rings. The first-order valence-corrected chi connectivity index (χ1v) is 11.3. The Balaban J connectivity index is 1.42. The predicted molar refractivity (Wildman–Crippen MR) is 110 cm³/mol. The summed E-state index contributed by atoms with van der Waals surface area (Å²) < 4.78 is 11.8. The van der Waals surface area contributed by atoms with Crippen molar-refractivity contribution < 1.29 is 14.3 Å². The van der Waals surface area contributed by atoms with Crippen LogP contribution in [0.1, 0.15) is 58.3 Å². The zero-order chi connectivity index (χ0) is 19.6. The number of morpholine rings is 1. The Morgan fingerprint density at radius 2 is 1.86 bits per heavy atom. The Kier molecular flexibility index (Phi) is 8.86. The zero-order valence-corrected chi connectivity index (χ0v) is 17.5. The predicted octanol–water partition coefficient (Wildman–Crippen LogP) is 1.92. The van der Waals surface area contributed by atoms with Crippen molar-refractivity contribution in [2.24, 2.45) is 10.9 Å². The Morgan fingerprint density at radius 3 is 2.61 bits per heavy atom. The van der Waals surface area contributed by atoms with Crippen molar-refractivity contribution in [2.45, 2.75) is 70.5 Å². The number of nitrogens with zero attached hydrogens (tertiary/aromatic N) is 2. The summed E-state index contributed by atoms with van der Waals surface area (Å²) in [6, 6.07) is 0. The van der Waals surface area contributed by atoms with Crippen LogP contribution in [-0.4, -0.2) is 74.9 Å². The van der Waals surface area contributed by atoms with Crippen LogP contribution < -0.4 is 10.6 Å². The van der Waals surface area contributed by atoms with Crippen LogP contribution in [0.15, 0.2) is 4.99 Å². The van der Waals surface area contributed by atoms with Crippen molar-refractivity contribution in [2.75, 3.05) is 45.9 Å². The summed E-state index contributed by atoms with van der Waals surface area (Å²) in [6.07, 6.45) is 9.52. The molecule has 0 bridgehead atoms. The Morgan fingerprint density at radius 1 is 1.04 bits per heavy atom. The van der Waals surface area contributed by atoms with E-state index < -0.39 is 0 Å². The SMILES string of the molecule is CCNC(=NCCNC(=O)CC1CCCCC1)N1CCOC(C2CCCO2)C1. The number of nitrogens with one attached hydrogen (secondary N) is 2. The Labute approximate surface area is 169 Å². The number of carbonyl (C=O) groups is 1. The minimum absolute atomic E-state index is 0.121. The molecule has 0 spiro atoms. The summed E-state index contributed by atoms with van der Waals surface area (Å²) in [5, 5.41) is 6.43. The summed E-state index contributed by atoms with van der Waals surface area (Å²) in [7, 11) is 0. The van der Waals surface area contributed by atoms with E-state index in [0.717, 1.165) is 45.0 Å². The van der Waals surface area contributed by atoms with E-state index in [2.05, 4.69) is 22.5 Å². The maximum atomic E-state index is 12.2. The molecule has 3 fully saturated rings. The number of ether oxygens (including phenoxy) is 2. The summed E-state index contributed by atoms with van der Waals surface area (Å²) >= 11 is 0. The first-order valence-electron chi connectivity index (χ1n) is 11.3. The third-order valence-electron chi connectivity index (χ3n) is 6.00. The van der Waals surface area contributed by atoms with Crippen LogP contribution in [0.25, 0.3) is 0 Å². The lowest BCUT2D eigenvalue weighted by molar-refractivity contribution is -0.122. The largest absolute Gasteiger partial charge is 0.375 e. The molecular weight excluding hydrogens is 356 g/mol. The Bertz CT molecular complexity index is 502. The smallest absolute Gasteiger partial charge is 0.220 e. The van der Waals surface area contributed by atoms with E-state index in [1.807, 2.05) is 0 Å². The van der Waals surface area contributed by atoms with Gasteiger partial charge in [-0.15, -0.1) is 0 Å². The average molecular weight is 395 g/mol. The van der Waals surface area contributed by atoms with Crippen molar-refractivity contribution in [3.8, 4) is 0 Å². The van der Waals surface area contributed by atoms with E-state index in [0.29, 0.717) is 32.0 Å². The van der Waals surface area contributed by atoms with Gasteiger partial charge in [0.1, 0.15) is 6.10 Å². The monoisotopic (exact) mass is 394 g/mol. The molecule has 2 N–H and O–H groups in total. The lowest BCUT2D eigenvalue weighted by Crippen LogP contribution is -2.53. The van der Waals surface area contributed by atoms with Crippen LogP contribution in [0.5, 0.6) is 0 Å². The normalized spacial score (nSPS) is 27.0. The van der Waals surface area contributed by atoms with Crippen LogP contribution in [0.4, 0.5) is 0 Å². The molecular formula is C21H38N4O3. The molecule has 0 aromatic heterocycles. The molecule has 1 aliphatic carbocycles. The van der Waals surface area contributed by atoms with Gasteiger partial charge in [-0.3, -0.25) is 9.79 Å². The first-order chi connectivity index (χ1) is 13.8. The second kappa shape index (κ2) is 11.6. The zero-order valence-electron chi connectivity index (χ0n) is 17.5. The highest BCUT2D eigenvalue weighted by Crippen LogP contribution is 2.26. The van der Waals surface area contributed by atoms with Crippen molar-refractivity contribution >= 4 is 11.9 Å². The molecule has 0 aromatic carbocycles.